The predicted octanol–water partition coefficient (Wildman–Crippen LogP) is -1.00. The Morgan fingerprint density at radius 3 is 2.69 bits per heavy atom. The van der Waals surface area contributed by atoms with E-state index in [4.69, 9.17) is 9.47 Å². The second-order valence-corrected chi connectivity index (χ2v) is 3.85. The zero-order chi connectivity index (χ0) is 9.64. The Morgan fingerprint density at radius 1 is 1.62 bits per heavy atom. The van der Waals surface area contributed by atoms with Crippen molar-refractivity contribution < 1.29 is 19.4 Å². The molecule has 5 nitrogen and oxygen atoms in total. The molecule has 0 aromatic rings. The molecule has 1 amide bonds. The maximum atomic E-state index is 10.7. The number of hydrogen-bond acceptors (Lipinski definition) is 4. The van der Waals surface area contributed by atoms with Gasteiger partial charge in [0, 0.05) is 0 Å². The molecular formula is C8H13NO4. The van der Waals surface area contributed by atoms with Crippen molar-refractivity contribution in [3.63, 3.8) is 0 Å². The van der Waals surface area contributed by atoms with Crippen LogP contribution >= 0.6 is 0 Å². The maximum Gasteiger partial charge on any atom is 0.251 e. The van der Waals surface area contributed by atoms with Gasteiger partial charge in [0.1, 0.15) is 6.10 Å². The number of amides is 1. The minimum absolute atomic E-state index is 0.234. The molecule has 3 atom stereocenters. The number of carbonyl (C=O) groups is 1. The molecule has 2 fully saturated rings. The summed E-state index contributed by atoms with van der Waals surface area (Å²) in [6.45, 7) is 4.02. The summed E-state index contributed by atoms with van der Waals surface area (Å²) in [6, 6.07) is -0.311. The van der Waals surface area contributed by atoms with E-state index in [-0.39, 0.29) is 18.1 Å². The molecule has 2 heterocycles. The van der Waals surface area contributed by atoms with Gasteiger partial charge in [-0.3, -0.25) is 4.79 Å². The molecule has 2 N–H and O–H groups in total. The van der Waals surface area contributed by atoms with Crippen LogP contribution in [0.4, 0.5) is 0 Å². The Balaban J connectivity index is 1.94. The molecule has 0 saturated carbocycles. The van der Waals surface area contributed by atoms with Crippen LogP contribution in [0.2, 0.25) is 0 Å². The minimum Gasteiger partial charge on any atom is -0.381 e. The second kappa shape index (κ2) is 2.67. The lowest BCUT2D eigenvalue weighted by atomic mass is 9.97. The number of β-lactam (4-membered cyclic amide) rings is 1. The number of rotatable bonds is 1. The zero-order valence-corrected chi connectivity index (χ0v) is 7.61. The van der Waals surface area contributed by atoms with E-state index in [2.05, 4.69) is 5.32 Å². The smallest absolute Gasteiger partial charge is 0.251 e. The van der Waals surface area contributed by atoms with E-state index < -0.39 is 11.9 Å². The molecule has 0 aromatic heterocycles. The van der Waals surface area contributed by atoms with E-state index in [0.29, 0.717) is 6.61 Å². The molecule has 2 rings (SSSR count). The molecule has 0 aromatic carbocycles. The van der Waals surface area contributed by atoms with Gasteiger partial charge in [0.25, 0.3) is 5.91 Å². The van der Waals surface area contributed by atoms with Crippen LogP contribution in [0.3, 0.4) is 0 Å². The third-order valence-electron chi connectivity index (χ3n) is 2.35. The average molecular weight is 187 g/mol. The van der Waals surface area contributed by atoms with Crippen LogP contribution < -0.4 is 5.32 Å². The molecule has 2 aliphatic rings. The van der Waals surface area contributed by atoms with Crippen LogP contribution in [0.5, 0.6) is 0 Å². The van der Waals surface area contributed by atoms with E-state index in [0.717, 1.165) is 0 Å². The lowest BCUT2D eigenvalue weighted by molar-refractivity contribution is -0.163. The molecule has 74 valence electrons. The molecule has 2 saturated heterocycles. The third-order valence-corrected chi connectivity index (χ3v) is 2.35. The molecule has 5 heteroatoms. The third kappa shape index (κ3) is 1.43. The highest BCUT2D eigenvalue weighted by Crippen LogP contribution is 2.27. The van der Waals surface area contributed by atoms with Crippen LogP contribution in [0.15, 0.2) is 0 Å². The van der Waals surface area contributed by atoms with Crippen LogP contribution in [0.1, 0.15) is 13.8 Å². The first kappa shape index (κ1) is 8.93. The van der Waals surface area contributed by atoms with Gasteiger partial charge >= 0.3 is 0 Å². The Morgan fingerprint density at radius 2 is 2.31 bits per heavy atom. The minimum atomic E-state index is -0.942. The number of carbonyl (C=O) groups excluding carboxylic acids is 1. The molecule has 0 unspecified atom stereocenters. The molecular weight excluding hydrogens is 174 g/mol. The Bertz CT molecular complexity index is 240. The lowest BCUT2D eigenvalue weighted by Crippen LogP contribution is -2.67. The van der Waals surface area contributed by atoms with Crippen LogP contribution in [-0.2, 0) is 14.3 Å². The number of hydrogen-bond donors (Lipinski definition) is 2. The number of ether oxygens (including phenoxy) is 2. The summed E-state index contributed by atoms with van der Waals surface area (Å²) in [7, 11) is 0. The maximum absolute atomic E-state index is 10.7. The summed E-state index contributed by atoms with van der Waals surface area (Å²) in [6.07, 6.45) is -1.18. The molecule has 2 aliphatic heterocycles. The van der Waals surface area contributed by atoms with Crippen molar-refractivity contribution >= 4 is 5.91 Å². The van der Waals surface area contributed by atoms with E-state index in [9.17, 15) is 9.90 Å². The Kier molecular flexibility index (Phi) is 1.83. The van der Waals surface area contributed by atoms with Crippen LogP contribution in [0, 0.1) is 0 Å². The van der Waals surface area contributed by atoms with Gasteiger partial charge in [0.2, 0.25) is 0 Å². The summed E-state index contributed by atoms with van der Waals surface area (Å²) < 4.78 is 10.8. The zero-order valence-electron chi connectivity index (χ0n) is 7.61. The molecule has 0 bridgehead atoms. The van der Waals surface area contributed by atoms with Crippen molar-refractivity contribution in [3.8, 4) is 0 Å². The van der Waals surface area contributed by atoms with Crippen LogP contribution in [0.25, 0.3) is 0 Å². The van der Waals surface area contributed by atoms with Crippen molar-refractivity contribution in [2.24, 2.45) is 0 Å². The van der Waals surface area contributed by atoms with Crippen molar-refractivity contribution in [2.45, 2.75) is 37.9 Å². The van der Waals surface area contributed by atoms with Crippen molar-refractivity contribution in [3.05, 3.63) is 0 Å². The first-order valence-electron chi connectivity index (χ1n) is 4.30. The normalized spacial score (nSPS) is 42.7. The van der Waals surface area contributed by atoms with Gasteiger partial charge in [0.15, 0.2) is 11.9 Å². The summed E-state index contributed by atoms with van der Waals surface area (Å²) in [5.74, 6) is -0.941. The van der Waals surface area contributed by atoms with Crippen molar-refractivity contribution in [1.82, 2.24) is 5.32 Å². The van der Waals surface area contributed by atoms with Crippen molar-refractivity contribution in [1.29, 1.82) is 0 Å². The monoisotopic (exact) mass is 187 g/mol. The van der Waals surface area contributed by atoms with Gasteiger partial charge in [0.05, 0.1) is 12.6 Å². The fraction of sp³-hybridized carbons (Fsp3) is 0.875. The standard InChI is InChI=1S/C8H13NO4/c1-8(2)12-3-4(13-8)5-6(10)7(11)9-5/h4-6,10H,3H2,1-2H3,(H,9,11)/t4-,5+,6-/m1/s1. The predicted molar refractivity (Wildman–Crippen MR) is 42.8 cm³/mol. The summed E-state index contributed by atoms with van der Waals surface area (Å²) in [5, 5.41) is 11.8. The van der Waals surface area contributed by atoms with Gasteiger partial charge < -0.3 is 19.9 Å². The topological polar surface area (TPSA) is 67.8 Å². The van der Waals surface area contributed by atoms with Crippen LogP contribution in [-0.4, -0.2) is 41.7 Å². The highest BCUT2D eigenvalue weighted by Gasteiger charge is 2.48. The largest absolute Gasteiger partial charge is 0.381 e. The fourth-order valence-electron chi connectivity index (χ4n) is 1.58. The Hall–Kier alpha value is -0.650. The fourth-order valence-corrected chi connectivity index (χ4v) is 1.58. The summed E-state index contributed by atoms with van der Waals surface area (Å²) in [4.78, 5) is 10.7. The lowest BCUT2D eigenvalue weighted by Gasteiger charge is -2.36. The molecule has 13 heavy (non-hydrogen) atoms. The SMILES string of the molecule is CC1(C)OC[C@H]([C@@H]2NC(=O)[C@@H]2O)O1. The van der Waals surface area contributed by atoms with E-state index in [1.165, 1.54) is 0 Å². The highest BCUT2D eigenvalue weighted by molar-refractivity contribution is 5.88. The molecule has 0 aliphatic carbocycles. The average Bonchev–Trinajstić information content (AvgIpc) is 2.40. The first-order valence-corrected chi connectivity index (χ1v) is 4.30. The first-order chi connectivity index (χ1) is 5.99. The van der Waals surface area contributed by atoms with Gasteiger partial charge in [-0.15, -0.1) is 0 Å². The van der Waals surface area contributed by atoms with E-state index in [1.807, 2.05) is 0 Å². The second-order valence-electron chi connectivity index (χ2n) is 3.85. The number of aliphatic hydroxyl groups excluding tert-OH is 1. The summed E-state index contributed by atoms with van der Waals surface area (Å²) >= 11 is 0. The van der Waals surface area contributed by atoms with Gasteiger partial charge in [-0.2, -0.15) is 0 Å². The molecule has 0 radical (unpaired) electrons. The summed E-state index contributed by atoms with van der Waals surface area (Å²) in [5.41, 5.74) is 0. The van der Waals surface area contributed by atoms with Gasteiger partial charge in [-0.25, -0.2) is 0 Å². The van der Waals surface area contributed by atoms with E-state index in [1.54, 1.807) is 13.8 Å². The van der Waals surface area contributed by atoms with Gasteiger partial charge in [-0.1, -0.05) is 0 Å². The number of nitrogens with one attached hydrogen (secondary N) is 1. The highest BCUT2D eigenvalue weighted by atomic mass is 16.7. The Labute approximate surface area is 76.0 Å². The van der Waals surface area contributed by atoms with Crippen molar-refractivity contribution in [2.75, 3.05) is 6.61 Å². The molecule has 0 spiro atoms. The number of aliphatic hydroxyl groups is 1. The van der Waals surface area contributed by atoms with E-state index >= 15 is 0 Å². The quantitative estimate of drug-likeness (QED) is 0.516. The van der Waals surface area contributed by atoms with Gasteiger partial charge in [-0.05, 0) is 13.8 Å².